The summed E-state index contributed by atoms with van der Waals surface area (Å²) in [6, 6.07) is 20.8. The van der Waals surface area contributed by atoms with E-state index in [2.05, 4.69) is 15.3 Å². The van der Waals surface area contributed by atoms with Gasteiger partial charge in [0.2, 0.25) is 0 Å². The Balaban J connectivity index is 1.64. The number of carboxylic acids is 1. The van der Waals surface area contributed by atoms with Gasteiger partial charge in [0.05, 0.1) is 30.1 Å². The second-order valence-corrected chi connectivity index (χ2v) is 6.27. The highest BCUT2D eigenvalue weighted by Crippen LogP contribution is 2.18. The van der Waals surface area contributed by atoms with E-state index >= 15 is 0 Å². The number of benzene rings is 3. The summed E-state index contributed by atoms with van der Waals surface area (Å²) in [5, 5.41) is 13.2. The number of esters is 1. The molecule has 0 atom stereocenters. The third-order valence-corrected chi connectivity index (χ3v) is 4.20. The number of hydrogen-bond acceptors (Lipinski definition) is 6. The first-order valence-corrected chi connectivity index (χ1v) is 9.08. The summed E-state index contributed by atoms with van der Waals surface area (Å²) in [7, 11) is 1.34. The zero-order chi connectivity index (χ0) is 21.3. The van der Waals surface area contributed by atoms with E-state index in [0.29, 0.717) is 23.6 Å². The molecular weight excluding hydrogens is 384 g/mol. The van der Waals surface area contributed by atoms with E-state index in [0.717, 1.165) is 11.1 Å². The van der Waals surface area contributed by atoms with Crippen molar-refractivity contribution in [3.63, 3.8) is 0 Å². The van der Waals surface area contributed by atoms with E-state index in [1.54, 1.807) is 42.6 Å². The number of hydrogen-bond donors (Lipinski definition) is 2. The molecule has 0 radical (unpaired) electrons. The maximum Gasteiger partial charge on any atom is 0.337 e. The van der Waals surface area contributed by atoms with Crippen molar-refractivity contribution >= 4 is 23.8 Å². The minimum absolute atomic E-state index is 0.178. The molecule has 2 N–H and O–H groups in total. The molecule has 152 valence electrons. The van der Waals surface area contributed by atoms with E-state index in [1.165, 1.54) is 19.2 Å². The first-order valence-electron chi connectivity index (χ1n) is 9.08. The zero-order valence-corrected chi connectivity index (χ0v) is 16.2. The smallest absolute Gasteiger partial charge is 0.337 e. The van der Waals surface area contributed by atoms with Crippen molar-refractivity contribution in [2.45, 2.75) is 6.61 Å². The fourth-order valence-electron chi connectivity index (χ4n) is 2.63. The highest BCUT2D eigenvalue weighted by atomic mass is 16.5. The maximum atomic E-state index is 11.5. The number of hydrazone groups is 1. The molecule has 0 saturated heterocycles. The molecule has 0 aliphatic heterocycles. The van der Waals surface area contributed by atoms with E-state index in [9.17, 15) is 9.59 Å². The Morgan fingerprint density at radius 1 is 1.00 bits per heavy atom. The van der Waals surface area contributed by atoms with Crippen LogP contribution in [0.3, 0.4) is 0 Å². The number of nitrogens with one attached hydrogen (secondary N) is 1. The Morgan fingerprint density at radius 3 is 2.50 bits per heavy atom. The van der Waals surface area contributed by atoms with Crippen LogP contribution in [0.2, 0.25) is 0 Å². The van der Waals surface area contributed by atoms with Gasteiger partial charge < -0.3 is 14.6 Å². The highest BCUT2D eigenvalue weighted by Gasteiger charge is 2.06. The predicted octanol–water partition coefficient (Wildman–Crippen LogP) is 4.20. The molecule has 0 spiro atoms. The normalized spacial score (nSPS) is 10.6. The molecule has 0 aromatic heterocycles. The number of anilines is 1. The number of carbonyl (C=O) groups is 2. The standard InChI is InChI=1S/C23H20N2O5/c1-29-23(28)17-11-9-16(10-12-17)15-30-21-8-3-2-5-19(21)14-24-25-20-7-4-6-18(13-20)22(26)27/h2-14,25H,15H2,1H3,(H,26,27). The SMILES string of the molecule is COC(=O)c1ccc(COc2ccccc2C=NNc2cccc(C(=O)O)c2)cc1. The second kappa shape index (κ2) is 9.88. The van der Waals surface area contributed by atoms with Crippen LogP contribution in [0, 0.1) is 0 Å². The van der Waals surface area contributed by atoms with Crippen molar-refractivity contribution in [2.75, 3.05) is 12.5 Å². The number of carbonyl (C=O) groups excluding carboxylic acids is 1. The molecule has 0 saturated carbocycles. The molecule has 30 heavy (non-hydrogen) atoms. The van der Waals surface area contributed by atoms with Gasteiger partial charge in [-0.3, -0.25) is 5.43 Å². The molecule has 0 bridgehead atoms. The predicted molar refractivity (Wildman–Crippen MR) is 113 cm³/mol. The molecule has 0 aliphatic carbocycles. The van der Waals surface area contributed by atoms with Crippen molar-refractivity contribution in [1.82, 2.24) is 0 Å². The van der Waals surface area contributed by atoms with Gasteiger partial charge in [-0.1, -0.05) is 30.3 Å². The van der Waals surface area contributed by atoms with E-state index in [1.807, 2.05) is 24.3 Å². The molecule has 0 amide bonds. The van der Waals surface area contributed by atoms with Crippen LogP contribution >= 0.6 is 0 Å². The Labute approximate surface area is 173 Å². The Morgan fingerprint density at radius 2 is 1.77 bits per heavy atom. The van der Waals surface area contributed by atoms with Crippen molar-refractivity contribution in [2.24, 2.45) is 5.10 Å². The van der Waals surface area contributed by atoms with Crippen LogP contribution in [0.25, 0.3) is 0 Å². The molecule has 3 aromatic rings. The molecular formula is C23H20N2O5. The maximum absolute atomic E-state index is 11.5. The average Bonchev–Trinajstić information content (AvgIpc) is 2.78. The van der Waals surface area contributed by atoms with Crippen LogP contribution in [0.5, 0.6) is 5.75 Å². The van der Waals surface area contributed by atoms with Gasteiger partial charge in [-0.25, -0.2) is 9.59 Å². The third-order valence-electron chi connectivity index (χ3n) is 4.20. The van der Waals surface area contributed by atoms with Crippen LogP contribution in [-0.4, -0.2) is 30.4 Å². The van der Waals surface area contributed by atoms with E-state index in [4.69, 9.17) is 9.84 Å². The van der Waals surface area contributed by atoms with Gasteiger partial charge in [0.25, 0.3) is 0 Å². The largest absolute Gasteiger partial charge is 0.488 e. The van der Waals surface area contributed by atoms with Gasteiger partial charge in [0, 0.05) is 5.56 Å². The molecule has 7 nitrogen and oxygen atoms in total. The summed E-state index contributed by atoms with van der Waals surface area (Å²) in [6.45, 7) is 0.320. The lowest BCUT2D eigenvalue weighted by atomic mass is 10.1. The van der Waals surface area contributed by atoms with E-state index < -0.39 is 5.97 Å². The molecule has 0 aliphatic rings. The number of nitrogens with zero attached hydrogens (tertiary/aromatic N) is 1. The lowest BCUT2D eigenvalue weighted by Crippen LogP contribution is -2.02. The van der Waals surface area contributed by atoms with Gasteiger partial charge in [-0.05, 0) is 48.0 Å². The summed E-state index contributed by atoms with van der Waals surface area (Å²) < 4.78 is 10.6. The van der Waals surface area contributed by atoms with Gasteiger partial charge in [-0.15, -0.1) is 0 Å². The molecule has 0 heterocycles. The minimum atomic E-state index is -0.999. The monoisotopic (exact) mass is 404 g/mol. The Hall–Kier alpha value is -4.13. The molecule has 3 rings (SSSR count). The first-order chi connectivity index (χ1) is 14.6. The quantitative estimate of drug-likeness (QED) is 0.332. The number of methoxy groups -OCH3 is 1. The van der Waals surface area contributed by atoms with Gasteiger partial charge >= 0.3 is 11.9 Å². The summed E-state index contributed by atoms with van der Waals surface area (Å²) in [5.74, 6) is -0.745. The molecule has 0 fully saturated rings. The molecule has 3 aromatic carbocycles. The Bertz CT molecular complexity index is 1060. The van der Waals surface area contributed by atoms with Gasteiger partial charge in [-0.2, -0.15) is 5.10 Å². The lowest BCUT2D eigenvalue weighted by molar-refractivity contribution is 0.0599. The van der Waals surface area contributed by atoms with Crippen LogP contribution in [-0.2, 0) is 11.3 Å². The minimum Gasteiger partial charge on any atom is -0.488 e. The van der Waals surface area contributed by atoms with Gasteiger partial charge in [0.15, 0.2) is 0 Å². The Kier molecular flexibility index (Phi) is 6.78. The molecule has 0 unspecified atom stereocenters. The summed E-state index contributed by atoms with van der Waals surface area (Å²) in [4.78, 5) is 22.5. The van der Waals surface area contributed by atoms with Crippen LogP contribution in [0.4, 0.5) is 5.69 Å². The van der Waals surface area contributed by atoms with Crippen LogP contribution in [0.1, 0.15) is 31.8 Å². The highest BCUT2D eigenvalue weighted by molar-refractivity contribution is 5.89. The van der Waals surface area contributed by atoms with Crippen molar-refractivity contribution in [3.05, 3.63) is 95.1 Å². The van der Waals surface area contributed by atoms with Crippen molar-refractivity contribution in [1.29, 1.82) is 0 Å². The van der Waals surface area contributed by atoms with E-state index in [-0.39, 0.29) is 11.5 Å². The summed E-state index contributed by atoms with van der Waals surface area (Å²) >= 11 is 0. The third kappa shape index (κ3) is 5.45. The van der Waals surface area contributed by atoms with Crippen LogP contribution < -0.4 is 10.2 Å². The average molecular weight is 404 g/mol. The van der Waals surface area contributed by atoms with Crippen molar-refractivity contribution in [3.8, 4) is 5.75 Å². The van der Waals surface area contributed by atoms with Crippen LogP contribution in [0.15, 0.2) is 77.9 Å². The number of carboxylic acid groups (broad SMARTS) is 1. The second-order valence-electron chi connectivity index (χ2n) is 6.27. The molecule has 7 heteroatoms. The fraction of sp³-hybridized carbons (Fsp3) is 0.0870. The number of para-hydroxylation sites is 1. The summed E-state index contributed by atoms with van der Waals surface area (Å²) in [6.07, 6.45) is 1.60. The first kappa shape index (κ1) is 20.6. The topological polar surface area (TPSA) is 97.2 Å². The zero-order valence-electron chi connectivity index (χ0n) is 16.2. The summed E-state index contributed by atoms with van der Waals surface area (Å²) in [5.41, 5.74) is 5.70. The lowest BCUT2D eigenvalue weighted by Gasteiger charge is -2.09. The van der Waals surface area contributed by atoms with Gasteiger partial charge in [0.1, 0.15) is 12.4 Å². The number of ether oxygens (including phenoxy) is 2. The fourth-order valence-corrected chi connectivity index (χ4v) is 2.63. The number of rotatable bonds is 8. The van der Waals surface area contributed by atoms with Crippen molar-refractivity contribution < 1.29 is 24.2 Å². The number of aromatic carboxylic acids is 1.